The van der Waals surface area contributed by atoms with Crippen molar-refractivity contribution >= 4 is 33.5 Å². The Balaban J connectivity index is 2.00. The second kappa shape index (κ2) is 5.74. The largest absolute Gasteiger partial charge is 0.481 e. The van der Waals surface area contributed by atoms with Crippen LogP contribution in [0.2, 0.25) is 0 Å². The van der Waals surface area contributed by atoms with Crippen molar-refractivity contribution in [2.24, 2.45) is 11.8 Å². The van der Waals surface area contributed by atoms with Crippen molar-refractivity contribution in [3.63, 3.8) is 0 Å². The van der Waals surface area contributed by atoms with Crippen LogP contribution < -0.4 is 5.32 Å². The summed E-state index contributed by atoms with van der Waals surface area (Å²) in [5.41, 5.74) is 1.77. The zero-order valence-corrected chi connectivity index (χ0v) is 12.2. The maximum atomic E-state index is 12.1. The van der Waals surface area contributed by atoms with E-state index in [2.05, 4.69) is 21.2 Å². The number of rotatable bonds is 3. The van der Waals surface area contributed by atoms with Crippen molar-refractivity contribution < 1.29 is 14.7 Å². The highest BCUT2D eigenvalue weighted by Gasteiger charge is 2.33. The molecule has 1 saturated carbocycles. The van der Waals surface area contributed by atoms with Gasteiger partial charge in [-0.25, -0.2) is 0 Å². The molecule has 4 nitrogen and oxygen atoms in total. The molecule has 5 heteroatoms. The molecule has 0 bridgehead atoms. The monoisotopic (exact) mass is 325 g/mol. The number of carboxylic acid groups (broad SMARTS) is 1. The van der Waals surface area contributed by atoms with Gasteiger partial charge < -0.3 is 10.4 Å². The molecule has 19 heavy (non-hydrogen) atoms. The molecule has 102 valence electrons. The zero-order valence-electron chi connectivity index (χ0n) is 10.6. The minimum atomic E-state index is -0.796. The van der Waals surface area contributed by atoms with Gasteiger partial charge in [-0.3, -0.25) is 9.59 Å². The average molecular weight is 326 g/mol. The van der Waals surface area contributed by atoms with E-state index in [1.807, 2.05) is 25.1 Å². The van der Waals surface area contributed by atoms with Crippen LogP contribution in [-0.2, 0) is 9.59 Å². The van der Waals surface area contributed by atoms with Gasteiger partial charge in [0.25, 0.3) is 0 Å². The summed E-state index contributed by atoms with van der Waals surface area (Å²) < 4.78 is 0.967. The number of carbonyl (C=O) groups is 2. The van der Waals surface area contributed by atoms with Crippen LogP contribution in [0.4, 0.5) is 5.69 Å². The summed E-state index contributed by atoms with van der Waals surface area (Å²) in [7, 11) is 0. The van der Waals surface area contributed by atoms with Gasteiger partial charge in [-0.2, -0.15) is 0 Å². The molecule has 1 aromatic carbocycles. The molecule has 1 fully saturated rings. The molecule has 1 aliphatic rings. The average Bonchev–Trinajstić information content (AvgIpc) is 2.82. The second-order valence-electron chi connectivity index (χ2n) is 4.99. The van der Waals surface area contributed by atoms with E-state index in [-0.39, 0.29) is 17.7 Å². The van der Waals surface area contributed by atoms with E-state index in [0.717, 1.165) is 15.7 Å². The smallest absolute Gasteiger partial charge is 0.306 e. The Morgan fingerprint density at radius 3 is 2.58 bits per heavy atom. The van der Waals surface area contributed by atoms with E-state index in [4.69, 9.17) is 5.11 Å². The topological polar surface area (TPSA) is 66.4 Å². The molecule has 0 radical (unpaired) electrons. The number of hydrogen-bond donors (Lipinski definition) is 2. The number of anilines is 1. The lowest BCUT2D eigenvalue weighted by atomic mass is 10.0. The molecule has 2 rings (SSSR count). The molecule has 0 spiro atoms. The van der Waals surface area contributed by atoms with Crippen molar-refractivity contribution in [3.05, 3.63) is 28.2 Å². The van der Waals surface area contributed by atoms with Crippen LogP contribution in [0.5, 0.6) is 0 Å². The Bertz CT molecular complexity index is 515. The molecule has 1 amide bonds. The number of aliphatic carboxylic acids is 1. The fourth-order valence-corrected chi connectivity index (χ4v) is 2.92. The summed E-state index contributed by atoms with van der Waals surface area (Å²) in [6.45, 7) is 1.93. The van der Waals surface area contributed by atoms with Gasteiger partial charge in [0.15, 0.2) is 0 Å². The van der Waals surface area contributed by atoms with E-state index in [9.17, 15) is 9.59 Å². The Morgan fingerprint density at radius 2 is 2.00 bits per heavy atom. The van der Waals surface area contributed by atoms with Gasteiger partial charge in [-0.1, -0.05) is 15.9 Å². The lowest BCUT2D eigenvalue weighted by Crippen LogP contribution is -2.22. The van der Waals surface area contributed by atoms with Gasteiger partial charge in [0.1, 0.15) is 0 Å². The van der Waals surface area contributed by atoms with Gasteiger partial charge in [-0.05, 0) is 49.9 Å². The van der Waals surface area contributed by atoms with Gasteiger partial charge >= 0.3 is 5.97 Å². The summed E-state index contributed by atoms with van der Waals surface area (Å²) >= 11 is 3.37. The number of hydrogen-bond acceptors (Lipinski definition) is 2. The van der Waals surface area contributed by atoms with Gasteiger partial charge in [0.2, 0.25) is 5.91 Å². The SMILES string of the molecule is Cc1cc(Br)ccc1NC(=O)[C@@H]1CC[C@H](C(=O)O)C1. The first kappa shape index (κ1) is 14.1. The summed E-state index contributed by atoms with van der Waals surface area (Å²) in [6.07, 6.45) is 1.68. The van der Waals surface area contributed by atoms with Crippen molar-refractivity contribution in [1.29, 1.82) is 0 Å². The summed E-state index contributed by atoms with van der Waals surface area (Å²) in [5, 5.41) is 11.8. The Kier molecular flexibility index (Phi) is 4.24. The van der Waals surface area contributed by atoms with E-state index in [0.29, 0.717) is 19.3 Å². The number of carbonyl (C=O) groups excluding carboxylic acids is 1. The van der Waals surface area contributed by atoms with E-state index in [1.165, 1.54) is 0 Å². The zero-order chi connectivity index (χ0) is 14.0. The summed E-state index contributed by atoms with van der Waals surface area (Å²) in [5.74, 6) is -1.43. The van der Waals surface area contributed by atoms with Gasteiger partial charge in [0, 0.05) is 16.1 Å². The second-order valence-corrected chi connectivity index (χ2v) is 5.91. The van der Waals surface area contributed by atoms with Crippen LogP contribution in [0.25, 0.3) is 0 Å². The maximum Gasteiger partial charge on any atom is 0.306 e. The molecule has 0 aromatic heterocycles. The fraction of sp³-hybridized carbons (Fsp3) is 0.429. The van der Waals surface area contributed by atoms with Crippen LogP contribution in [0.15, 0.2) is 22.7 Å². The van der Waals surface area contributed by atoms with Crippen molar-refractivity contribution in [2.75, 3.05) is 5.32 Å². The van der Waals surface area contributed by atoms with E-state index >= 15 is 0 Å². The standard InChI is InChI=1S/C14H16BrNO3/c1-8-6-11(15)4-5-12(8)16-13(17)9-2-3-10(7-9)14(18)19/h4-6,9-10H,2-3,7H2,1H3,(H,16,17)(H,18,19)/t9-,10+/m1/s1. The molecule has 1 aliphatic carbocycles. The maximum absolute atomic E-state index is 12.1. The van der Waals surface area contributed by atoms with Gasteiger partial charge in [0.05, 0.1) is 5.92 Å². The Hall–Kier alpha value is -1.36. The highest BCUT2D eigenvalue weighted by Crippen LogP contribution is 2.32. The minimum Gasteiger partial charge on any atom is -0.481 e. The highest BCUT2D eigenvalue weighted by molar-refractivity contribution is 9.10. The third kappa shape index (κ3) is 3.35. The molecule has 0 saturated heterocycles. The first-order valence-corrected chi connectivity index (χ1v) is 7.06. The lowest BCUT2D eigenvalue weighted by molar-refractivity contribution is -0.141. The summed E-state index contributed by atoms with van der Waals surface area (Å²) in [4.78, 5) is 23.0. The van der Waals surface area contributed by atoms with Gasteiger partial charge in [-0.15, -0.1) is 0 Å². The number of nitrogens with one attached hydrogen (secondary N) is 1. The van der Waals surface area contributed by atoms with E-state index < -0.39 is 5.97 Å². The molecule has 0 unspecified atom stereocenters. The predicted molar refractivity (Wildman–Crippen MR) is 76.0 cm³/mol. The molecule has 1 aromatic rings. The Morgan fingerprint density at radius 1 is 1.32 bits per heavy atom. The fourth-order valence-electron chi connectivity index (χ4n) is 2.45. The van der Waals surface area contributed by atoms with Crippen LogP contribution in [-0.4, -0.2) is 17.0 Å². The van der Waals surface area contributed by atoms with Crippen LogP contribution in [0, 0.1) is 18.8 Å². The number of aryl methyl sites for hydroxylation is 1. The molecule has 0 aliphatic heterocycles. The lowest BCUT2D eigenvalue weighted by Gasteiger charge is -2.13. The van der Waals surface area contributed by atoms with Crippen LogP contribution in [0.1, 0.15) is 24.8 Å². The normalized spacial score (nSPS) is 22.2. The minimum absolute atomic E-state index is 0.0748. The number of amides is 1. The quantitative estimate of drug-likeness (QED) is 0.896. The highest BCUT2D eigenvalue weighted by atomic mass is 79.9. The first-order valence-electron chi connectivity index (χ1n) is 6.27. The first-order chi connectivity index (χ1) is 8.97. The van der Waals surface area contributed by atoms with Crippen molar-refractivity contribution in [3.8, 4) is 0 Å². The number of carboxylic acids is 1. The van der Waals surface area contributed by atoms with Crippen molar-refractivity contribution in [2.45, 2.75) is 26.2 Å². The van der Waals surface area contributed by atoms with Crippen molar-refractivity contribution in [1.82, 2.24) is 0 Å². The molecular weight excluding hydrogens is 310 g/mol. The molecular formula is C14H16BrNO3. The molecule has 2 N–H and O–H groups in total. The molecule has 0 heterocycles. The summed E-state index contributed by atoms with van der Waals surface area (Å²) in [6, 6.07) is 5.66. The number of benzene rings is 1. The predicted octanol–water partition coefficient (Wildman–Crippen LogP) is 3.20. The van der Waals surface area contributed by atoms with Crippen LogP contribution >= 0.6 is 15.9 Å². The Labute approximate surface area is 120 Å². The van der Waals surface area contributed by atoms with Crippen LogP contribution in [0.3, 0.4) is 0 Å². The third-order valence-electron chi connectivity index (χ3n) is 3.60. The van der Waals surface area contributed by atoms with E-state index in [1.54, 1.807) is 0 Å². The molecule has 2 atom stereocenters. The number of halogens is 1. The third-order valence-corrected chi connectivity index (χ3v) is 4.09.